The average molecular weight is 338 g/mol. The molecule has 1 aromatic heterocycles. The molecular weight excluding hydrogens is 308 g/mol. The Labute approximate surface area is 144 Å². The van der Waals surface area contributed by atoms with Gasteiger partial charge in [0, 0.05) is 39.4 Å². The minimum Gasteiger partial charge on any atom is -0.444 e. The number of rotatable bonds is 7. The third-order valence-electron chi connectivity index (χ3n) is 2.86. The largest absolute Gasteiger partial charge is 0.444 e. The molecule has 0 atom stereocenters. The van der Waals surface area contributed by atoms with Crippen molar-refractivity contribution in [2.24, 2.45) is 12.0 Å². The number of alkyl carbamates (subject to hydrolysis) is 1. The van der Waals surface area contributed by atoms with Crippen LogP contribution in [0.3, 0.4) is 0 Å². The molecule has 0 bridgehead atoms. The van der Waals surface area contributed by atoms with Crippen molar-refractivity contribution in [3.05, 3.63) is 18.0 Å². The molecule has 136 valence electrons. The van der Waals surface area contributed by atoms with Gasteiger partial charge in [-0.1, -0.05) is 0 Å². The average Bonchev–Trinajstić information content (AvgIpc) is 2.87. The van der Waals surface area contributed by atoms with Gasteiger partial charge in [0.05, 0.1) is 6.20 Å². The summed E-state index contributed by atoms with van der Waals surface area (Å²) in [5.41, 5.74) is 0.670. The molecule has 1 heterocycles. The first-order chi connectivity index (χ1) is 11.3. The highest BCUT2D eigenvalue weighted by atomic mass is 16.6. The van der Waals surface area contributed by atoms with Crippen molar-refractivity contribution >= 4 is 12.1 Å². The van der Waals surface area contributed by atoms with Crippen LogP contribution >= 0.6 is 0 Å². The van der Waals surface area contributed by atoms with Crippen LogP contribution in [-0.2, 0) is 18.2 Å². The van der Waals surface area contributed by atoms with Crippen LogP contribution in [0.25, 0.3) is 0 Å². The minimum atomic E-state index is -0.486. The molecular formula is C16H30N6O2. The van der Waals surface area contributed by atoms with E-state index in [-0.39, 0.29) is 0 Å². The van der Waals surface area contributed by atoms with Gasteiger partial charge in [-0.25, -0.2) is 4.79 Å². The molecule has 0 spiro atoms. The van der Waals surface area contributed by atoms with E-state index in [2.05, 4.69) is 26.0 Å². The van der Waals surface area contributed by atoms with Gasteiger partial charge in [-0.05, 0) is 39.7 Å². The molecule has 8 heteroatoms. The second-order valence-corrected chi connectivity index (χ2v) is 6.39. The maximum atomic E-state index is 11.5. The van der Waals surface area contributed by atoms with Crippen LogP contribution in [0.15, 0.2) is 17.4 Å². The number of nitrogens with one attached hydrogen (secondary N) is 3. The second-order valence-electron chi connectivity index (χ2n) is 6.39. The second kappa shape index (κ2) is 9.79. The molecule has 0 aliphatic rings. The first kappa shape index (κ1) is 19.8. The van der Waals surface area contributed by atoms with Crippen molar-refractivity contribution in [1.29, 1.82) is 0 Å². The number of ether oxygens (including phenoxy) is 1. The standard InChI is InChI=1S/C16H30N6O2/c1-6-17-14(18-8-7-13-11-21-22(5)12-13)19-9-10-20-15(23)24-16(2,3)4/h11-12H,6-10H2,1-5H3,(H,20,23)(H2,17,18,19). The topological polar surface area (TPSA) is 92.6 Å². The van der Waals surface area contributed by atoms with Gasteiger partial charge in [-0.2, -0.15) is 5.10 Å². The number of amides is 1. The Hall–Kier alpha value is -2.25. The molecule has 3 N–H and O–H groups in total. The zero-order valence-corrected chi connectivity index (χ0v) is 15.3. The number of nitrogens with zero attached hydrogens (tertiary/aromatic N) is 3. The summed E-state index contributed by atoms with van der Waals surface area (Å²) in [5, 5.41) is 13.2. The number of guanidine groups is 1. The number of aliphatic imine (C=N–C) groups is 1. The van der Waals surface area contributed by atoms with E-state index in [9.17, 15) is 4.79 Å². The summed E-state index contributed by atoms with van der Waals surface area (Å²) in [5.74, 6) is 0.729. The molecule has 0 fully saturated rings. The lowest BCUT2D eigenvalue weighted by molar-refractivity contribution is 0.0529. The van der Waals surface area contributed by atoms with Gasteiger partial charge in [0.25, 0.3) is 0 Å². The quantitative estimate of drug-likeness (QED) is 0.392. The number of carbonyl (C=O) groups excluding carboxylic acids is 1. The summed E-state index contributed by atoms with van der Waals surface area (Å²) in [6.45, 7) is 9.99. The van der Waals surface area contributed by atoms with Gasteiger partial charge in [-0.3, -0.25) is 9.67 Å². The Kier molecular flexibility index (Phi) is 8.08. The van der Waals surface area contributed by atoms with Crippen LogP contribution in [0.4, 0.5) is 4.79 Å². The van der Waals surface area contributed by atoms with Crippen LogP contribution in [0.2, 0.25) is 0 Å². The maximum absolute atomic E-state index is 11.5. The fraction of sp³-hybridized carbons (Fsp3) is 0.688. The Morgan fingerprint density at radius 2 is 2.00 bits per heavy atom. The molecule has 0 saturated heterocycles. The van der Waals surface area contributed by atoms with Gasteiger partial charge in [-0.15, -0.1) is 0 Å². The molecule has 0 unspecified atom stereocenters. The van der Waals surface area contributed by atoms with Crippen molar-refractivity contribution in [3.8, 4) is 0 Å². The molecule has 1 rings (SSSR count). The molecule has 24 heavy (non-hydrogen) atoms. The van der Waals surface area contributed by atoms with Crippen molar-refractivity contribution in [3.63, 3.8) is 0 Å². The van der Waals surface area contributed by atoms with Crippen LogP contribution in [-0.4, -0.2) is 53.6 Å². The van der Waals surface area contributed by atoms with Crippen molar-refractivity contribution < 1.29 is 9.53 Å². The minimum absolute atomic E-state index is 0.414. The van der Waals surface area contributed by atoms with E-state index in [1.807, 2.05) is 47.1 Å². The molecule has 0 aromatic carbocycles. The SMILES string of the molecule is CCNC(=NCCc1cnn(C)c1)NCCNC(=O)OC(C)(C)C. The van der Waals surface area contributed by atoms with E-state index < -0.39 is 11.7 Å². The van der Waals surface area contributed by atoms with Crippen molar-refractivity contribution in [2.75, 3.05) is 26.2 Å². The summed E-state index contributed by atoms with van der Waals surface area (Å²) in [4.78, 5) is 16.1. The number of aromatic nitrogens is 2. The Bertz CT molecular complexity index is 533. The zero-order valence-electron chi connectivity index (χ0n) is 15.3. The predicted octanol–water partition coefficient (Wildman–Crippen LogP) is 1.04. The summed E-state index contributed by atoms with van der Waals surface area (Å²) in [6, 6.07) is 0. The third kappa shape index (κ3) is 9.02. The summed E-state index contributed by atoms with van der Waals surface area (Å²) in [6.07, 6.45) is 4.25. The summed E-state index contributed by atoms with van der Waals surface area (Å²) >= 11 is 0. The number of carbonyl (C=O) groups is 1. The number of aryl methyl sites for hydroxylation is 1. The van der Waals surface area contributed by atoms with Crippen LogP contribution in [0.5, 0.6) is 0 Å². The summed E-state index contributed by atoms with van der Waals surface area (Å²) in [7, 11) is 1.90. The maximum Gasteiger partial charge on any atom is 0.407 e. The molecule has 0 radical (unpaired) electrons. The zero-order chi connectivity index (χ0) is 18.0. The normalized spacial score (nSPS) is 12.0. The molecule has 0 saturated carbocycles. The molecule has 1 aromatic rings. The Morgan fingerprint density at radius 1 is 1.29 bits per heavy atom. The fourth-order valence-electron chi connectivity index (χ4n) is 1.90. The van der Waals surface area contributed by atoms with Crippen LogP contribution < -0.4 is 16.0 Å². The van der Waals surface area contributed by atoms with Gasteiger partial charge >= 0.3 is 6.09 Å². The van der Waals surface area contributed by atoms with E-state index in [0.29, 0.717) is 19.6 Å². The molecule has 1 amide bonds. The molecule has 0 aliphatic heterocycles. The monoisotopic (exact) mass is 338 g/mol. The van der Waals surface area contributed by atoms with E-state index in [4.69, 9.17) is 4.74 Å². The lowest BCUT2D eigenvalue weighted by atomic mass is 10.2. The highest BCUT2D eigenvalue weighted by molar-refractivity contribution is 5.79. The van der Waals surface area contributed by atoms with Gasteiger partial charge in [0.15, 0.2) is 5.96 Å². The first-order valence-corrected chi connectivity index (χ1v) is 8.26. The molecule has 8 nitrogen and oxygen atoms in total. The lowest BCUT2D eigenvalue weighted by Gasteiger charge is -2.19. The van der Waals surface area contributed by atoms with Crippen molar-refractivity contribution in [2.45, 2.75) is 39.7 Å². The van der Waals surface area contributed by atoms with Gasteiger partial charge in [0.1, 0.15) is 5.60 Å². The Balaban J connectivity index is 2.29. The van der Waals surface area contributed by atoms with Crippen molar-refractivity contribution in [1.82, 2.24) is 25.7 Å². The van der Waals surface area contributed by atoms with E-state index in [0.717, 1.165) is 24.5 Å². The Morgan fingerprint density at radius 3 is 2.58 bits per heavy atom. The van der Waals surface area contributed by atoms with Crippen LogP contribution in [0, 0.1) is 0 Å². The smallest absolute Gasteiger partial charge is 0.407 e. The third-order valence-corrected chi connectivity index (χ3v) is 2.86. The lowest BCUT2D eigenvalue weighted by Crippen LogP contribution is -2.42. The fourth-order valence-corrected chi connectivity index (χ4v) is 1.90. The predicted molar refractivity (Wildman–Crippen MR) is 95.1 cm³/mol. The van der Waals surface area contributed by atoms with Crippen LogP contribution in [0.1, 0.15) is 33.3 Å². The van der Waals surface area contributed by atoms with E-state index in [1.54, 1.807) is 4.68 Å². The van der Waals surface area contributed by atoms with Gasteiger partial charge in [0.2, 0.25) is 0 Å². The molecule has 0 aliphatic carbocycles. The van der Waals surface area contributed by atoms with Gasteiger partial charge < -0.3 is 20.7 Å². The van der Waals surface area contributed by atoms with E-state index in [1.165, 1.54) is 0 Å². The summed E-state index contributed by atoms with van der Waals surface area (Å²) < 4.78 is 6.96. The highest BCUT2D eigenvalue weighted by Gasteiger charge is 2.15. The highest BCUT2D eigenvalue weighted by Crippen LogP contribution is 2.05. The number of hydrogen-bond acceptors (Lipinski definition) is 4. The first-order valence-electron chi connectivity index (χ1n) is 8.26. The van der Waals surface area contributed by atoms with E-state index >= 15 is 0 Å². The number of hydrogen-bond donors (Lipinski definition) is 3.